The van der Waals surface area contributed by atoms with Gasteiger partial charge in [-0.3, -0.25) is 43.1 Å². The van der Waals surface area contributed by atoms with Gasteiger partial charge in [-0.15, -0.1) is 0 Å². The van der Waals surface area contributed by atoms with E-state index < -0.39 is 102 Å². The third-order valence-electron chi connectivity index (χ3n) is 13.2. The lowest BCUT2D eigenvalue weighted by molar-refractivity contribution is -0.139. The minimum absolute atomic E-state index is 0.0413. The van der Waals surface area contributed by atoms with Crippen molar-refractivity contribution in [1.82, 2.24) is 55.9 Å². The number of aliphatic carboxylic acids is 1. The predicted molar refractivity (Wildman–Crippen MR) is 269 cm³/mol. The van der Waals surface area contributed by atoms with Crippen LogP contribution in [0.2, 0.25) is 0 Å². The average molecular weight is 1050 g/mol. The van der Waals surface area contributed by atoms with Crippen LogP contribution in [0.1, 0.15) is 91.2 Å². The smallest absolute Gasteiger partial charge is 0.320 e. The molecule has 0 bridgehead atoms. The molecule has 414 valence electrons. The summed E-state index contributed by atoms with van der Waals surface area (Å²) in [6, 6.07) is -6.52. The molecule has 2 aromatic rings. The van der Waals surface area contributed by atoms with Gasteiger partial charge in [-0.05, 0) is 90.3 Å². The van der Waals surface area contributed by atoms with Crippen molar-refractivity contribution >= 4 is 64.4 Å². The third-order valence-corrected chi connectivity index (χ3v) is 13.2. The Kier molecular flexibility index (Phi) is 24.0. The van der Waals surface area contributed by atoms with Gasteiger partial charge >= 0.3 is 5.97 Å². The number of nitrogens with two attached hydrogens (primary N) is 6. The first-order valence-corrected chi connectivity index (χ1v) is 25.1. The van der Waals surface area contributed by atoms with Crippen LogP contribution in [0.3, 0.4) is 0 Å². The summed E-state index contributed by atoms with van der Waals surface area (Å²) in [5.74, 6) is -5.32. The summed E-state index contributed by atoms with van der Waals surface area (Å²) in [5, 5.41) is 45.4. The summed E-state index contributed by atoms with van der Waals surface area (Å²) in [6.07, 6.45) is 1.18. The monoisotopic (exact) mass is 1050 g/mol. The minimum Gasteiger partial charge on any atom is -0.480 e. The average Bonchev–Trinajstić information content (AvgIpc) is 4.10. The zero-order valence-corrected chi connectivity index (χ0v) is 42.4. The standard InChI is InChI=1S/C45H78N18O11/c1-4-24(2)32(42(71)57-25(3)37(49)67)60-40(69)28(11-7-16-53-45(50)51)58-39(68)27(10-5-6-14-46)59-41(70)29-12-8-18-62(29)31(64)20-52-15-9-17-61(19-13-26(47)44(72)73)21-30-34(65)35(66)43(74-30)63-23-56-33-36(48)54-22-55-38(33)63/h22-30,32,34-35,43,52,65-66H,4-21,46-47H2,1-3H3,(H2,49,67)(H,57,71)(H,58,68)(H,59,70)(H,60,69)(H,72,73)(H2,48,54,55)(H4,50,51,53)/t24-,25-,26-,27-,28-,29-,30+,32-,34+,35+,43+/m0/s1. The molecule has 2 aromatic heterocycles. The number of rotatable bonds is 32. The van der Waals surface area contributed by atoms with Gasteiger partial charge in [-0.1, -0.05) is 20.3 Å². The van der Waals surface area contributed by atoms with Gasteiger partial charge in [0, 0.05) is 26.2 Å². The van der Waals surface area contributed by atoms with Gasteiger partial charge in [-0.2, -0.15) is 0 Å². The molecule has 0 unspecified atom stereocenters. The summed E-state index contributed by atoms with van der Waals surface area (Å²) in [5.41, 5.74) is 34.4. The lowest BCUT2D eigenvalue weighted by atomic mass is 9.97. The van der Waals surface area contributed by atoms with E-state index in [2.05, 4.69) is 46.5 Å². The van der Waals surface area contributed by atoms with E-state index in [0.29, 0.717) is 69.3 Å². The predicted octanol–water partition coefficient (Wildman–Crippen LogP) is -5.22. The fraction of sp³-hybridized carbons (Fsp3) is 0.711. The molecule has 2 fully saturated rings. The fourth-order valence-electron chi connectivity index (χ4n) is 8.63. The van der Waals surface area contributed by atoms with Crippen molar-refractivity contribution in [2.24, 2.45) is 39.6 Å². The molecule has 74 heavy (non-hydrogen) atoms. The maximum absolute atomic E-state index is 14.1. The van der Waals surface area contributed by atoms with E-state index in [0.717, 1.165) is 0 Å². The molecule has 2 aliphatic rings. The van der Waals surface area contributed by atoms with Gasteiger partial charge < -0.3 is 90.8 Å². The van der Waals surface area contributed by atoms with E-state index in [9.17, 15) is 48.9 Å². The first kappa shape index (κ1) is 60.2. The number of aliphatic imine (C=N–C) groups is 1. The molecule has 0 spiro atoms. The highest BCUT2D eigenvalue weighted by molar-refractivity contribution is 5.96. The first-order chi connectivity index (χ1) is 35.2. The number of carbonyl (C=O) groups is 7. The molecule has 2 aliphatic heterocycles. The van der Waals surface area contributed by atoms with Crippen molar-refractivity contribution in [1.29, 1.82) is 0 Å². The second-order valence-corrected chi connectivity index (χ2v) is 18.8. The molecule has 0 aliphatic carbocycles. The zero-order valence-electron chi connectivity index (χ0n) is 42.4. The number of primary amides is 1. The summed E-state index contributed by atoms with van der Waals surface area (Å²) in [7, 11) is 0. The summed E-state index contributed by atoms with van der Waals surface area (Å²) in [6.45, 7) is 6.53. The number of likely N-dealkylation sites (tertiary alicyclic amines) is 1. The normalized spacial score (nSPS) is 21.0. The largest absolute Gasteiger partial charge is 0.480 e. The number of fused-ring (bicyclic) bond motifs is 1. The Balaban J connectivity index is 1.38. The quantitative estimate of drug-likeness (QED) is 0.0185. The second-order valence-electron chi connectivity index (χ2n) is 18.8. The third kappa shape index (κ3) is 17.4. The number of nitrogens with zero attached hydrogens (tertiary/aromatic N) is 7. The molecule has 0 aromatic carbocycles. The van der Waals surface area contributed by atoms with Crippen molar-refractivity contribution < 1.29 is 53.6 Å². The number of imidazole rings is 1. The number of hydrogen-bond donors (Lipinski definition) is 14. The number of carboxylic acid groups (broad SMARTS) is 1. The summed E-state index contributed by atoms with van der Waals surface area (Å²) >= 11 is 0. The van der Waals surface area contributed by atoms with Crippen LogP contribution in [0.15, 0.2) is 17.6 Å². The number of unbranched alkanes of at least 4 members (excludes halogenated alkanes) is 1. The van der Waals surface area contributed by atoms with Crippen LogP contribution < -0.4 is 61.0 Å². The highest BCUT2D eigenvalue weighted by atomic mass is 16.6. The van der Waals surface area contributed by atoms with E-state index in [1.165, 1.54) is 29.0 Å². The fourth-order valence-corrected chi connectivity index (χ4v) is 8.63. The number of anilines is 1. The van der Waals surface area contributed by atoms with Crippen molar-refractivity contribution in [3.8, 4) is 0 Å². The van der Waals surface area contributed by atoms with Gasteiger partial charge in [0.2, 0.25) is 35.4 Å². The van der Waals surface area contributed by atoms with Gasteiger partial charge in [0.1, 0.15) is 66.4 Å². The number of carbonyl (C=O) groups excluding carboxylic acids is 6. The Morgan fingerprint density at radius 1 is 0.892 bits per heavy atom. The Morgan fingerprint density at radius 3 is 2.27 bits per heavy atom. The Hall–Kier alpha value is -6.37. The van der Waals surface area contributed by atoms with Gasteiger partial charge in [-0.25, -0.2) is 15.0 Å². The number of hydrogen-bond acceptors (Lipinski definition) is 19. The van der Waals surface area contributed by atoms with Crippen LogP contribution in [-0.4, -0.2) is 199 Å². The Morgan fingerprint density at radius 2 is 1.59 bits per heavy atom. The molecule has 4 heterocycles. The highest BCUT2D eigenvalue weighted by Crippen LogP contribution is 2.32. The molecule has 4 rings (SSSR count). The zero-order chi connectivity index (χ0) is 54.6. The van der Waals surface area contributed by atoms with Crippen molar-refractivity contribution in [3.05, 3.63) is 12.7 Å². The van der Waals surface area contributed by atoms with Crippen molar-refractivity contribution in [3.63, 3.8) is 0 Å². The van der Waals surface area contributed by atoms with E-state index in [1.54, 1.807) is 6.92 Å². The highest BCUT2D eigenvalue weighted by Gasteiger charge is 2.45. The Labute approximate surface area is 429 Å². The molecule has 2 saturated heterocycles. The molecule has 29 nitrogen and oxygen atoms in total. The van der Waals surface area contributed by atoms with Crippen LogP contribution in [0, 0.1) is 5.92 Å². The van der Waals surface area contributed by atoms with Crippen LogP contribution in [0.4, 0.5) is 5.82 Å². The summed E-state index contributed by atoms with van der Waals surface area (Å²) < 4.78 is 7.57. The number of aliphatic hydroxyl groups is 2. The SMILES string of the molecule is CC[C@H](C)[C@H](NC(=O)[C@H](CCCN=C(N)N)NC(=O)[C@H](CCCCN)NC(=O)[C@@H]1CCCN1C(=O)CNCCCN(CC[C@H](N)C(=O)O)C[C@H]1O[C@@H](n2cnc3c(N)ncnc32)[C@H](O)[C@@H]1O)C(=O)N[C@@H](C)C(N)=O. The maximum Gasteiger partial charge on any atom is 0.320 e. The second kappa shape index (κ2) is 29.5. The van der Waals surface area contributed by atoms with E-state index in [4.69, 9.17) is 39.1 Å². The molecular formula is C45H78N18O11. The molecule has 0 saturated carbocycles. The van der Waals surface area contributed by atoms with Crippen molar-refractivity contribution in [2.45, 2.75) is 146 Å². The van der Waals surface area contributed by atoms with Gasteiger partial charge in [0.15, 0.2) is 23.7 Å². The van der Waals surface area contributed by atoms with Crippen molar-refractivity contribution in [2.75, 3.05) is 58.1 Å². The number of guanidine groups is 1. The van der Waals surface area contributed by atoms with Crippen LogP contribution in [-0.2, 0) is 38.3 Å². The molecule has 20 N–H and O–H groups in total. The van der Waals surface area contributed by atoms with E-state index in [-0.39, 0.29) is 76.1 Å². The molecular weight excluding hydrogens is 969 g/mol. The van der Waals surface area contributed by atoms with E-state index in [1.807, 2.05) is 11.8 Å². The number of nitrogen functional groups attached to an aromatic ring is 1. The Bertz CT molecular complexity index is 2230. The molecule has 29 heteroatoms. The number of carboxylic acids is 1. The number of amides is 6. The topological polar surface area (TPSA) is 468 Å². The molecule has 11 atom stereocenters. The van der Waals surface area contributed by atoms with E-state index >= 15 is 0 Å². The van der Waals surface area contributed by atoms with Gasteiger partial charge in [0.25, 0.3) is 0 Å². The molecule has 0 radical (unpaired) electrons. The van der Waals surface area contributed by atoms with Crippen LogP contribution >= 0.6 is 0 Å². The maximum atomic E-state index is 14.1. The van der Waals surface area contributed by atoms with Crippen LogP contribution in [0.5, 0.6) is 0 Å². The van der Waals surface area contributed by atoms with Crippen LogP contribution in [0.25, 0.3) is 11.2 Å². The number of aliphatic hydroxyl groups excluding tert-OH is 2. The number of aromatic nitrogens is 4. The minimum atomic E-state index is -1.37. The molecule has 6 amide bonds. The summed E-state index contributed by atoms with van der Waals surface area (Å²) in [4.78, 5) is 112. The van der Waals surface area contributed by atoms with Gasteiger partial charge in [0.05, 0.1) is 12.9 Å². The number of ether oxygens (including phenoxy) is 1. The number of nitrogens with one attached hydrogen (secondary N) is 5. The lowest BCUT2D eigenvalue weighted by Gasteiger charge is -2.29. The lowest BCUT2D eigenvalue weighted by Crippen LogP contribution is -2.59. The first-order valence-electron chi connectivity index (χ1n) is 25.1.